The van der Waals surface area contributed by atoms with Crippen LogP contribution in [0.5, 0.6) is 0 Å². The first-order valence-electron chi connectivity index (χ1n) is 7.15. The highest BCUT2D eigenvalue weighted by molar-refractivity contribution is 7.98. The van der Waals surface area contributed by atoms with Gasteiger partial charge in [0.15, 0.2) is 0 Å². The van der Waals surface area contributed by atoms with Crippen molar-refractivity contribution in [2.24, 2.45) is 0 Å². The molecule has 1 aliphatic rings. The molecule has 1 aliphatic carbocycles. The van der Waals surface area contributed by atoms with Crippen LogP contribution in [-0.2, 0) is 18.6 Å². The van der Waals surface area contributed by atoms with E-state index in [1.54, 1.807) is 11.8 Å². The minimum atomic E-state index is 0.695. The third-order valence-corrected chi connectivity index (χ3v) is 4.63. The SMILES string of the molecule is Nc1nc(CSc2ccccc2)nc2c1CCCCC2. The summed E-state index contributed by atoms with van der Waals surface area (Å²) < 4.78 is 0. The predicted molar refractivity (Wildman–Crippen MR) is 83.7 cm³/mol. The van der Waals surface area contributed by atoms with Gasteiger partial charge in [0.25, 0.3) is 0 Å². The zero-order valence-electron chi connectivity index (χ0n) is 11.5. The number of nitrogens with zero attached hydrogens (tertiary/aromatic N) is 2. The summed E-state index contributed by atoms with van der Waals surface area (Å²) in [5.41, 5.74) is 8.49. The standard InChI is InChI=1S/C16H19N3S/c17-16-13-9-5-2-6-10-14(13)18-15(19-16)11-20-12-7-3-1-4-8-12/h1,3-4,7-8H,2,5-6,9-11H2,(H2,17,18,19). The molecule has 0 saturated carbocycles. The molecule has 4 heteroatoms. The van der Waals surface area contributed by atoms with E-state index in [4.69, 9.17) is 10.7 Å². The van der Waals surface area contributed by atoms with E-state index in [1.807, 2.05) is 6.07 Å². The Bertz CT molecular complexity index is 584. The van der Waals surface area contributed by atoms with E-state index >= 15 is 0 Å². The minimum absolute atomic E-state index is 0.695. The molecule has 0 fully saturated rings. The number of aryl methyl sites for hydroxylation is 1. The van der Waals surface area contributed by atoms with Crippen LogP contribution in [0.25, 0.3) is 0 Å². The van der Waals surface area contributed by atoms with E-state index < -0.39 is 0 Å². The lowest BCUT2D eigenvalue weighted by atomic mass is 10.1. The summed E-state index contributed by atoms with van der Waals surface area (Å²) in [5, 5.41) is 0. The van der Waals surface area contributed by atoms with Crippen molar-refractivity contribution < 1.29 is 0 Å². The van der Waals surface area contributed by atoms with E-state index in [9.17, 15) is 0 Å². The number of nitrogen functional groups attached to an aromatic ring is 1. The molecule has 2 N–H and O–H groups in total. The fourth-order valence-corrected chi connectivity index (χ4v) is 3.36. The third-order valence-electron chi connectivity index (χ3n) is 3.62. The van der Waals surface area contributed by atoms with Gasteiger partial charge in [-0.2, -0.15) is 0 Å². The molecule has 1 aromatic carbocycles. The van der Waals surface area contributed by atoms with Gasteiger partial charge in [-0.05, 0) is 37.8 Å². The van der Waals surface area contributed by atoms with Gasteiger partial charge in [-0.1, -0.05) is 24.6 Å². The maximum absolute atomic E-state index is 6.12. The number of nitrogens with two attached hydrogens (primary N) is 1. The molecule has 1 heterocycles. The Kier molecular flexibility index (Phi) is 4.21. The fraction of sp³-hybridized carbons (Fsp3) is 0.375. The zero-order valence-corrected chi connectivity index (χ0v) is 12.3. The van der Waals surface area contributed by atoms with Crippen molar-refractivity contribution in [2.75, 3.05) is 5.73 Å². The van der Waals surface area contributed by atoms with Crippen molar-refractivity contribution in [1.82, 2.24) is 9.97 Å². The van der Waals surface area contributed by atoms with Gasteiger partial charge in [0.2, 0.25) is 0 Å². The highest BCUT2D eigenvalue weighted by atomic mass is 32.2. The Morgan fingerprint density at radius 2 is 1.80 bits per heavy atom. The van der Waals surface area contributed by atoms with Gasteiger partial charge in [-0.15, -0.1) is 11.8 Å². The number of fused-ring (bicyclic) bond motifs is 1. The minimum Gasteiger partial charge on any atom is -0.383 e. The van der Waals surface area contributed by atoms with Crippen LogP contribution in [-0.4, -0.2) is 9.97 Å². The first-order chi connectivity index (χ1) is 9.83. The first kappa shape index (κ1) is 13.4. The van der Waals surface area contributed by atoms with Crippen LogP contribution in [0.3, 0.4) is 0 Å². The summed E-state index contributed by atoms with van der Waals surface area (Å²) in [6.07, 6.45) is 5.77. The van der Waals surface area contributed by atoms with Gasteiger partial charge in [0, 0.05) is 16.2 Å². The van der Waals surface area contributed by atoms with Gasteiger partial charge in [-0.3, -0.25) is 0 Å². The van der Waals surface area contributed by atoms with E-state index in [2.05, 4.69) is 29.2 Å². The molecule has 104 valence electrons. The quantitative estimate of drug-likeness (QED) is 0.691. The average molecular weight is 285 g/mol. The monoisotopic (exact) mass is 285 g/mol. The molecule has 20 heavy (non-hydrogen) atoms. The largest absolute Gasteiger partial charge is 0.383 e. The molecule has 0 aliphatic heterocycles. The summed E-state index contributed by atoms with van der Waals surface area (Å²) in [5.74, 6) is 2.33. The number of rotatable bonds is 3. The van der Waals surface area contributed by atoms with Crippen molar-refractivity contribution in [2.45, 2.75) is 42.8 Å². The van der Waals surface area contributed by atoms with Gasteiger partial charge < -0.3 is 5.73 Å². The lowest BCUT2D eigenvalue weighted by Crippen LogP contribution is -2.08. The van der Waals surface area contributed by atoms with Crippen LogP contribution < -0.4 is 5.73 Å². The van der Waals surface area contributed by atoms with Crippen LogP contribution >= 0.6 is 11.8 Å². The molecule has 0 saturated heterocycles. The molecule has 0 atom stereocenters. The highest BCUT2D eigenvalue weighted by Crippen LogP contribution is 2.26. The van der Waals surface area contributed by atoms with E-state index in [0.717, 1.165) is 24.4 Å². The van der Waals surface area contributed by atoms with Gasteiger partial charge >= 0.3 is 0 Å². The summed E-state index contributed by atoms with van der Waals surface area (Å²) in [7, 11) is 0. The smallest absolute Gasteiger partial charge is 0.141 e. The van der Waals surface area contributed by atoms with E-state index in [-0.39, 0.29) is 0 Å². The summed E-state index contributed by atoms with van der Waals surface area (Å²) >= 11 is 1.76. The predicted octanol–water partition coefficient (Wildman–Crippen LogP) is 3.62. The van der Waals surface area contributed by atoms with Gasteiger partial charge in [0.05, 0.1) is 5.75 Å². The Morgan fingerprint density at radius 1 is 1.00 bits per heavy atom. The molecule has 1 aromatic heterocycles. The molecule has 3 rings (SSSR count). The van der Waals surface area contributed by atoms with E-state index in [0.29, 0.717) is 5.82 Å². The third kappa shape index (κ3) is 3.12. The van der Waals surface area contributed by atoms with Crippen LogP contribution in [0.2, 0.25) is 0 Å². The number of anilines is 1. The van der Waals surface area contributed by atoms with Crippen molar-refractivity contribution in [3.8, 4) is 0 Å². The molecular weight excluding hydrogens is 266 g/mol. The Morgan fingerprint density at radius 3 is 2.65 bits per heavy atom. The van der Waals surface area contributed by atoms with Gasteiger partial charge in [0.1, 0.15) is 11.6 Å². The highest BCUT2D eigenvalue weighted by Gasteiger charge is 2.15. The maximum atomic E-state index is 6.12. The lowest BCUT2D eigenvalue weighted by molar-refractivity contribution is 0.708. The number of thioether (sulfide) groups is 1. The molecule has 0 radical (unpaired) electrons. The van der Waals surface area contributed by atoms with Gasteiger partial charge in [-0.25, -0.2) is 9.97 Å². The fourth-order valence-electron chi connectivity index (χ4n) is 2.58. The van der Waals surface area contributed by atoms with Crippen LogP contribution in [0.1, 0.15) is 36.3 Å². The lowest BCUT2D eigenvalue weighted by Gasteiger charge is -2.10. The molecule has 0 amide bonds. The Balaban J connectivity index is 1.77. The number of hydrogen-bond donors (Lipinski definition) is 1. The van der Waals surface area contributed by atoms with Crippen molar-refractivity contribution >= 4 is 17.6 Å². The average Bonchev–Trinajstić information content (AvgIpc) is 2.72. The number of hydrogen-bond acceptors (Lipinski definition) is 4. The molecule has 2 aromatic rings. The van der Waals surface area contributed by atoms with Crippen molar-refractivity contribution in [3.63, 3.8) is 0 Å². The van der Waals surface area contributed by atoms with E-state index in [1.165, 1.54) is 35.4 Å². The van der Waals surface area contributed by atoms with Crippen molar-refractivity contribution in [3.05, 3.63) is 47.4 Å². The summed E-state index contributed by atoms with van der Waals surface area (Å²) in [6.45, 7) is 0. The second kappa shape index (κ2) is 6.27. The Labute approximate surface area is 124 Å². The molecule has 0 spiro atoms. The summed E-state index contributed by atoms with van der Waals surface area (Å²) in [4.78, 5) is 10.5. The first-order valence-corrected chi connectivity index (χ1v) is 8.13. The molecular formula is C16H19N3S. The second-order valence-corrected chi connectivity index (χ2v) is 6.16. The normalized spacial score (nSPS) is 14.6. The zero-order chi connectivity index (χ0) is 13.8. The molecule has 0 bridgehead atoms. The topological polar surface area (TPSA) is 51.8 Å². The van der Waals surface area contributed by atoms with Crippen LogP contribution in [0.4, 0.5) is 5.82 Å². The molecule has 3 nitrogen and oxygen atoms in total. The second-order valence-electron chi connectivity index (χ2n) is 5.11. The Hall–Kier alpha value is -1.55. The van der Waals surface area contributed by atoms with Crippen molar-refractivity contribution in [1.29, 1.82) is 0 Å². The van der Waals surface area contributed by atoms with Crippen LogP contribution in [0.15, 0.2) is 35.2 Å². The maximum Gasteiger partial charge on any atom is 0.141 e. The number of benzene rings is 1. The molecule has 0 unspecified atom stereocenters. The number of aromatic nitrogens is 2. The summed E-state index contributed by atoms with van der Waals surface area (Å²) in [6, 6.07) is 10.3. The van der Waals surface area contributed by atoms with Crippen LogP contribution in [0, 0.1) is 0 Å².